The average molecular weight is 469 g/mol. The molecule has 2 aliphatic rings. The second-order valence-corrected chi connectivity index (χ2v) is 8.74. The van der Waals surface area contributed by atoms with E-state index in [4.69, 9.17) is 14.2 Å². The number of aliphatic hydroxyl groups excluding tert-OH is 1. The van der Waals surface area contributed by atoms with Crippen molar-refractivity contribution in [3.05, 3.63) is 45.6 Å². The summed E-state index contributed by atoms with van der Waals surface area (Å²) >= 11 is 0. The van der Waals surface area contributed by atoms with Gasteiger partial charge in [-0.1, -0.05) is 6.07 Å². The molecule has 0 saturated carbocycles. The lowest BCUT2D eigenvalue weighted by Gasteiger charge is -2.23. The normalized spacial score (nSPS) is 19.0. The molecule has 2 aromatic rings. The average Bonchev–Trinajstić information content (AvgIpc) is 3.17. The van der Waals surface area contributed by atoms with Crippen LogP contribution < -0.4 is 29.9 Å². The number of carbonyl (C=O) groups excluding carboxylic acids is 1. The van der Waals surface area contributed by atoms with E-state index in [0.717, 1.165) is 41.6 Å². The Morgan fingerprint density at radius 3 is 2.53 bits per heavy atom. The fourth-order valence-electron chi connectivity index (χ4n) is 5.28. The van der Waals surface area contributed by atoms with Crippen molar-refractivity contribution >= 4 is 11.6 Å². The van der Waals surface area contributed by atoms with E-state index in [1.807, 2.05) is 23.1 Å². The zero-order valence-corrected chi connectivity index (χ0v) is 20.1. The Kier molecular flexibility index (Phi) is 6.97. The molecule has 0 radical (unpaired) electrons. The summed E-state index contributed by atoms with van der Waals surface area (Å²) in [6.45, 7) is 2.20. The summed E-state index contributed by atoms with van der Waals surface area (Å²) < 4.78 is 17.0. The van der Waals surface area contributed by atoms with Gasteiger partial charge in [-0.05, 0) is 60.6 Å². The molecule has 1 saturated heterocycles. The number of benzene rings is 1. The minimum Gasteiger partial charge on any atom is -0.493 e. The van der Waals surface area contributed by atoms with Crippen LogP contribution >= 0.6 is 0 Å². The predicted molar refractivity (Wildman–Crippen MR) is 130 cm³/mol. The second kappa shape index (κ2) is 9.93. The van der Waals surface area contributed by atoms with E-state index in [-0.39, 0.29) is 30.0 Å². The minimum atomic E-state index is -0.346. The van der Waals surface area contributed by atoms with Gasteiger partial charge >= 0.3 is 0 Å². The molecule has 0 aromatic heterocycles. The number of ether oxygens (including phenoxy) is 3. The van der Waals surface area contributed by atoms with Gasteiger partial charge in [-0.2, -0.15) is 0 Å². The molecule has 2 N–H and O–H groups in total. The van der Waals surface area contributed by atoms with Crippen molar-refractivity contribution in [3.63, 3.8) is 0 Å². The van der Waals surface area contributed by atoms with Crippen molar-refractivity contribution in [2.75, 3.05) is 39.4 Å². The topological polar surface area (TPSA) is 97.3 Å². The Morgan fingerprint density at radius 1 is 1.12 bits per heavy atom. The third-order valence-electron chi connectivity index (χ3n) is 6.79. The number of hydrogen-bond donors (Lipinski definition) is 2. The van der Waals surface area contributed by atoms with Gasteiger partial charge in [-0.25, -0.2) is 0 Å². The molecule has 1 aliphatic carbocycles. The van der Waals surface area contributed by atoms with Crippen LogP contribution in [0.3, 0.4) is 0 Å². The van der Waals surface area contributed by atoms with Crippen LogP contribution in [0.2, 0.25) is 0 Å². The Bertz CT molecular complexity index is 1150. The molecule has 8 nitrogen and oxygen atoms in total. The molecule has 1 fully saturated rings. The lowest BCUT2D eigenvalue weighted by Crippen LogP contribution is -2.34. The fourth-order valence-corrected chi connectivity index (χ4v) is 5.28. The predicted octanol–water partition coefficient (Wildman–Crippen LogP) is 2.82. The van der Waals surface area contributed by atoms with Crippen molar-refractivity contribution in [3.8, 4) is 28.4 Å². The van der Waals surface area contributed by atoms with Crippen molar-refractivity contribution in [1.82, 2.24) is 5.32 Å². The third kappa shape index (κ3) is 4.18. The molecule has 0 bridgehead atoms. The van der Waals surface area contributed by atoms with Gasteiger partial charge in [0.1, 0.15) is 0 Å². The molecule has 2 aromatic carbocycles. The summed E-state index contributed by atoms with van der Waals surface area (Å²) in [4.78, 5) is 27.5. The fraction of sp³-hybridized carbons (Fsp3) is 0.462. The standard InChI is InChI=1S/C26H32N2O6/c1-15(30)27-20-9-7-16-12-23(32-2)25(33-3)26(34-4)24(16)18-8-10-21(22(31)13-19(18)20)28-11-5-6-17(28)14-29/h8,10,12-13,17,20,29H,5-7,9,11,14H2,1-4H3,(H,27,30)/t17-,20-/m0/s1. The van der Waals surface area contributed by atoms with Crippen molar-refractivity contribution in [2.45, 2.75) is 44.7 Å². The molecular formula is C26H32N2O6. The number of rotatable bonds is 6. The number of fused-ring (bicyclic) bond motifs is 3. The summed E-state index contributed by atoms with van der Waals surface area (Å²) in [5, 5.41) is 12.8. The molecule has 1 aliphatic heterocycles. The zero-order valence-electron chi connectivity index (χ0n) is 20.1. The Balaban J connectivity index is 2.01. The van der Waals surface area contributed by atoms with Crippen molar-refractivity contribution in [1.29, 1.82) is 0 Å². The summed E-state index contributed by atoms with van der Waals surface area (Å²) in [6.07, 6.45) is 3.02. The van der Waals surface area contributed by atoms with Crippen LogP contribution in [0.5, 0.6) is 17.2 Å². The number of anilines is 1. The van der Waals surface area contributed by atoms with Gasteiger partial charge in [-0.3, -0.25) is 9.59 Å². The van der Waals surface area contributed by atoms with E-state index < -0.39 is 0 Å². The molecule has 2 atom stereocenters. The van der Waals surface area contributed by atoms with Gasteiger partial charge in [0.15, 0.2) is 11.5 Å². The molecule has 0 spiro atoms. The zero-order chi connectivity index (χ0) is 24.4. The largest absolute Gasteiger partial charge is 0.493 e. The monoisotopic (exact) mass is 468 g/mol. The van der Waals surface area contributed by atoms with E-state index >= 15 is 0 Å². The highest BCUT2D eigenvalue weighted by Gasteiger charge is 2.31. The van der Waals surface area contributed by atoms with Crippen LogP contribution in [0.15, 0.2) is 29.1 Å². The number of amides is 1. The van der Waals surface area contributed by atoms with Gasteiger partial charge in [0.05, 0.1) is 45.7 Å². The van der Waals surface area contributed by atoms with Gasteiger partial charge in [0, 0.05) is 19.0 Å². The molecule has 8 heteroatoms. The number of aliphatic hydroxyl groups is 1. The SMILES string of the molecule is COc1cc2c(c(OC)c1OC)-c1ccc(N3CCC[C@H]3CO)c(=O)cc1[C@@H](NC(C)=O)CC2. The number of methoxy groups -OCH3 is 3. The second-order valence-electron chi connectivity index (χ2n) is 8.74. The molecule has 34 heavy (non-hydrogen) atoms. The van der Waals surface area contributed by atoms with E-state index in [0.29, 0.717) is 35.8 Å². The molecule has 1 amide bonds. The van der Waals surface area contributed by atoms with Crippen molar-refractivity contribution in [2.24, 2.45) is 0 Å². The molecule has 182 valence electrons. The number of hydrogen-bond acceptors (Lipinski definition) is 7. The quantitative estimate of drug-likeness (QED) is 0.673. The summed E-state index contributed by atoms with van der Waals surface area (Å²) in [6, 6.07) is 6.89. The minimum absolute atomic E-state index is 0.0000698. The van der Waals surface area contributed by atoms with E-state index in [1.54, 1.807) is 27.4 Å². The summed E-state index contributed by atoms with van der Waals surface area (Å²) in [5.74, 6) is 1.40. The molecule has 1 heterocycles. The highest BCUT2D eigenvalue weighted by Crippen LogP contribution is 2.50. The third-order valence-corrected chi connectivity index (χ3v) is 6.79. The van der Waals surface area contributed by atoms with E-state index in [2.05, 4.69) is 5.32 Å². The van der Waals surface area contributed by atoms with Gasteiger partial charge in [0.25, 0.3) is 0 Å². The molecule has 4 rings (SSSR count). The van der Waals surface area contributed by atoms with Crippen LogP contribution in [0, 0.1) is 0 Å². The maximum Gasteiger partial charge on any atom is 0.217 e. The first-order chi connectivity index (χ1) is 16.4. The van der Waals surface area contributed by atoms with Crippen LogP contribution in [-0.4, -0.2) is 51.5 Å². The number of nitrogens with zero attached hydrogens (tertiary/aromatic N) is 1. The first-order valence-electron chi connectivity index (χ1n) is 11.6. The van der Waals surface area contributed by atoms with Gasteiger partial charge in [-0.15, -0.1) is 0 Å². The van der Waals surface area contributed by atoms with Gasteiger partial charge in [0.2, 0.25) is 17.1 Å². The molecule has 0 unspecified atom stereocenters. The molecular weight excluding hydrogens is 436 g/mol. The Hall–Kier alpha value is -3.26. The van der Waals surface area contributed by atoms with Crippen LogP contribution in [0.25, 0.3) is 11.1 Å². The smallest absolute Gasteiger partial charge is 0.217 e. The number of nitrogens with one attached hydrogen (secondary N) is 1. The van der Waals surface area contributed by atoms with Crippen LogP contribution in [0.1, 0.15) is 43.4 Å². The highest BCUT2D eigenvalue weighted by atomic mass is 16.5. The lowest BCUT2D eigenvalue weighted by molar-refractivity contribution is -0.119. The van der Waals surface area contributed by atoms with Gasteiger partial charge < -0.3 is 29.5 Å². The number of carbonyl (C=O) groups is 1. The number of aryl methyl sites for hydroxylation is 1. The summed E-state index contributed by atoms with van der Waals surface area (Å²) in [7, 11) is 4.72. The van der Waals surface area contributed by atoms with Crippen LogP contribution in [0.4, 0.5) is 5.69 Å². The first-order valence-corrected chi connectivity index (χ1v) is 11.6. The maximum absolute atomic E-state index is 13.5. The Morgan fingerprint density at radius 2 is 1.88 bits per heavy atom. The Labute approximate surface area is 199 Å². The van der Waals surface area contributed by atoms with Crippen LogP contribution in [-0.2, 0) is 11.2 Å². The van der Waals surface area contributed by atoms with Crippen molar-refractivity contribution < 1.29 is 24.1 Å². The maximum atomic E-state index is 13.5. The highest BCUT2D eigenvalue weighted by molar-refractivity contribution is 5.83. The van der Waals surface area contributed by atoms with E-state index in [1.165, 1.54) is 6.92 Å². The lowest BCUT2D eigenvalue weighted by atomic mass is 9.95. The van der Waals surface area contributed by atoms with E-state index in [9.17, 15) is 14.7 Å². The summed E-state index contributed by atoms with van der Waals surface area (Å²) in [5.41, 5.74) is 3.75. The first kappa shape index (κ1) is 23.9.